The van der Waals surface area contributed by atoms with Crippen LogP contribution in [0.15, 0.2) is 231 Å². The summed E-state index contributed by atoms with van der Waals surface area (Å²) in [6.07, 6.45) is 0. The first kappa shape index (κ1) is 35.2. The summed E-state index contributed by atoms with van der Waals surface area (Å²) in [5, 5.41) is 7.47. The summed E-state index contributed by atoms with van der Waals surface area (Å²) in [6.45, 7) is 0. The lowest BCUT2D eigenvalue weighted by Gasteiger charge is -2.16. The summed E-state index contributed by atoms with van der Waals surface area (Å²) in [5.74, 6) is 0.680. The van der Waals surface area contributed by atoms with Gasteiger partial charge in [-0.2, -0.15) is 0 Å². The lowest BCUT2D eigenvalue weighted by molar-refractivity contribution is 1.18. The van der Waals surface area contributed by atoms with Gasteiger partial charge < -0.3 is 0 Å². The maximum atomic E-state index is 5.41. The van der Waals surface area contributed by atoms with Crippen LogP contribution in [0.1, 0.15) is 0 Å². The Bertz CT molecular complexity index is 3320. The molecule has 0 spiro atoms. The van der Waals surface area contributed by atoms with Crippen LogP contribution in [0.25, 0.3) is 111 Å². The highest BCUT2D eigenvalue weighted by Gasteiger charge is 2.17. The van der Waals surface area contributed by atoms with Gasteiger partial charge in [-0.15, -0.1) is 0 Å². The van der Waals surface area contributed by atoms with Crippen molar-refractivity contribution in [3.8, 4) is 78.4 Å². The highest BCUT2D eigenvalue weighted by atomic mass is 14.9. The zero-order valence-corrected chi connectivity index (χ0v) is 32.8. The molecule has 60 heavy (non-hydrogen) atoms. The number of rotatable bonds is 7. The third kappa shape index (κ3) is 6.51. The Balaban J connectivity index is 1.09. The monoisotopic (exact) mass is 762 g/mol. The standard InChI is InChI=1S/C58H38N2/c1-4-14-39(15-5-1)41-24-26-44(27-25-41)55-38-56(54-36-47(40-16-6-2-7-17-40)33-34-50(54)42-18-8-3-9-19-42)60-58(59-55)46-30-28-45(29-31-46)57-51-23-13-11-21-48(51)37-53-49-22-12-10-20-43(49)32-35-52(53)57/h1-38H. The van der Waals surface area contributed by atoms with Crippen molar-refractivity contribution in [2.75, 3.05) is 0 Å². The fourth-order valence-corrected chi connectivity index (χ4v) is 8.68. The topological polar surface area (TPSA) is 25.8 Å². The van der Waals surface area contributed by atoms with Gasteiger partial charge in [-0.3, -0.25) is 0 Å². The lowest BCUT2D eigenvalue weighted by Crippen LogP contribution is -1.98. The maximum absolute atomic E-state index is 5.41. The van der Waals surface area contributed by atoms with Gasteiger partial charge in [0, 0.05) is 16.7 Å². The van der Waals surface area contributed by atoms with Crippen LogP contribution < -0.4 is 0 Å². The van der Waals surface area contributed by atoms with Gasteiger partial charge in [-0.25, -0.2) is 9.97 Å². The number of aromatic nitrogens is 2. The predicted molar refractivity (Wildman–Crippen MR) is 253 cm³/mol. The molecule has 0 aliphatic carbocycles. The van der Waals surface area contributed by atoms with Gasteiger partial charge in [-0.1, -0.05) is 212 Å². The van der Waals surface area contributed by atoms with Gasteiger partial charge in [0.1, 0.15) is 0 Å². The molecule has 0 fully saturated rings. The lowest BCUT2D eigenvalue weighted by atomic mass is 9.89. The van der Waals surface area contributed by atoms with E-state index in [2.05, 4.69) is 231 Å². The van der Waals surface area contributed by atoms with Crippen LogP contribution in [0, 0.1) is 0 Å². The molecule has 0 aliphatic rings. The van der Waals surface area contributed by atoms with Crippen LogP contribution >= 0.6 is 0 Å². The van der Waals surface area contributed by atoms with E-state index in [0.717, 1.165) is 55.9 Å². The van der Waals surface area contributed by atoms with Gasteiger partial charge in [-0.05, 0) is 95.0 Å². The highest BCUT2D eigenvalue weighted by Crippen LogP contribution is 2.41. The summed E-state index contributed by atoms with van der Waals surface area (Å²) in [6, 6.07) is 82.4. The third-order valence-corrected chi connectivity index (χ3v) is 11.7. The molecule has 10 aromatic carbocycles. The van der Waals surface area contributed by atoms with Crippen LogP contribution in [0.2, 0.25) is 0 Å². The van der Waals surface area contributed by atoms with E-state index in [1.54, 1.807) is 0 Å². The largest absolute Gasteiger partial charge is 0.228 e. The zero-order chi connectivity index (χ0) is 39.8. The summed E-state index contributed by atoms with van der Waals surface area (Å²) < 4.78 is 0. The minimum absolute atomic E-state index is 0.680. The summed E-state index contributed by atoms with van der Waals surface area (Å²) in [7, 11) is 0. The molecule has 0 radical (unpaired) electrons. The molecule has 0 saturated carbocycles. The number of fused-ring (bicyclic) bond motifs is 4. The maximum Gasteiger partial charge on any atom is 0.160 e. The smallest absolute Gasteiger partial charge is 0.160 e. The van der Waals surface area contributed by atoms with Gasteiger partial charge >= 0.3 is 0 Å². The van der Waals surface area contributed by atoms with Crippen molar-refractivity contribution >= 4 is 32.3 Å². The minimum Gasteiger partial charge on any atom is -0.228 e. The van der Waals surface area contributed by atoms with Crippen molar-refractivity contribution in [2.24, 2.45) is 0 Å². The molecule has 280 valence electrons. The molecule has 0 aliphatic heterocycles. The Hall–Kier alpha value is -7.94. The van der Waals surface area contributed by atoms with Crippen LogP contribution in [-0.4, -0.2) is 9.97 Å². The number of benzene rings is 10. The first-order valence-corrected chi connectivity index (χ1v) is 20.5. The molecule has 0 N–H and O–H groups in total. The molecule has 2 heteroatoms. The van der Waals surface area contributed by atoms with Gasteiger partial charge in [0.2, 0.25) is 0 Å². The Morgan fingerprint density at radius 3 is 1.47 bits per heavy atom. The molecule has 0 saturated heterocycles. The Morgan fingerprint density at radius 2 is 0.750 bits per heavy atom. The van der Waals surface area contributed by atoms with E-state index < -0.39 is 0 Å². The van der Waals surface area contributed by atoms with E-state index in [0.29, 0.717) is 5.82 Å². The Labute approximate surface area is 349 Å². The minimum atomic E-state index is 0.680. The fraction of sp³-hybridized carbons (Fsp3) is 0. The van der Waals surface area contributed by atoms with E-state index in [4.69, 9.17) is 9.97 Å². The van der Waals surface area contributed by atoms with Crippen molar-refractivity contribution in [3.63, 3.8) is 0 Å². The highest BCUT2D eigenvalue weighted by molar-refractivity contribution is 6.20. The normalized spacial score (nSPS) is 11.3. The summed E-state index contributed by atoms with van der Waals surface area (Å²) in [5.41, 5.74) is 14.1. The quantitative estimate of drug-likeness (QED) is 0.119. The zero-order valence-electron chi connectivity index (χ0n) is 32.8. The van der Waals surface area contributed by atoms with Crippen molar-refractivity contribution < 1.29 is 0 Å². The molecule has 11 aromatic rings. The molecule has 1 aromatic heterocycles. The average Bonchev–Trinajstić information content (AvgIpc) is 3.34. The van der Waals surface area contributed by atoms with Crippen molar-refractivity contribution in [2.45, 2.75) is 0 Å². The molecule has 0 atom stereocenters. The van der Waals surface area contributed by atoms with Crippen LogP contribution in [-0.2, 0) is 0 Å². The van der Waals surface area contributed by atoms with Crippen molar-refractivity contribution in [1.29, 1.82) is 0 Å². The molecule has 11 rings (SSSR count). The second-order valence-electron chi connectivity index (χ2n) is 15.3. The Kier molecular flexibility index (Phi) is 8.87. The fourth-order valence-electron chi connectivity index (χ4n) is 8.68. The average molecular weight is 763 g/mol. The van der Waals surface area contributed by atoms with Gasteiger partial charge in [0.05, 0.1) is 11.4 Å². The van der Waals surface area contributed by atoms with Crippen molar-refractivity contribution in [1.82, 2.24) is 9.97 Å². The first-order chi connectivity index (χ1) is 29.7. The molecular weight excluding hydrogens is 725 g/mol. The molecule has 2 nitrogen and oxygen atoms in total. The SMILES string of the molecule is c1ccc(-c2ccc(-c3cc(-c4cc(-c5ccccc5)ccc4-c4ccccc4)nc(-c4ccc(-c5c6ccccc6cc6c5ccc5ccccc56)cc4)n3)cc2)cc1. The second-order valence-corrected chi connectivity index (χ2v) is 15.3. The number of hydrogen-bond donors (Lipinski definition) is 0. The number of nitrogens with zero attached hydrogens (tertiary/aromatic N) is 2. The van der Waals surface area contributed by atoms with Crippen LogP contribution in [0.4, 0.5) is 0 Å². The molecular formula is C58H38N2. The van der Waals surface area contributed by atoms with E-state index in [-0.39, 0.29) is 0 Å². The first-order valence-electron chi connectivity index (χ1n) is 20.5. The number of hydrogen-bond acceptors (Lipinski definition) is 2. The van der Waals surface area contributed by atoms with Gasteiger partial charge in [0.25, 0.3) is 0 Å². The second kappa shape index (κ2) is 15.1. The summed E-state index contributed by atoms with van der Waals surface area (Å²) in [4.78, 5) is 10.7. The Morgan fingerprint density at radius 1 is 0.233 bits per heavy atom. The van der Waals surface area contributed by atoms with Gasteiger partial charge in [0.15, 0.2) is 5.82 Å². The van der Waals surface area contributed by atoms with E-state index in [1.807, 2.05) is 0 Å². The predicted octanol–water partition coefficient (Wildman–Crippen LogP) is 15.6. The molecule has 0 unspecified atom stereocenters. The van der Waals surface area contributed by atoms with Crippen molar-refractivity contribution in [3.05, 3.63) is 231 Å². The van der Waals surface area contributed by atoms with E-state index in [9.17, 15) is 0 Å². The van der Waals surface area contributed by atoms with Crippen LogP contribution in [0.5, 0.6) is 0 Å². The van der Waals surface area contributed by atoms with Crippen LogP contribution in [0.3, 0.4) is 0 Å². The molecule has 0 amide bonds. The third-order valence-electron chi connectivity index (χ3n) is 11.7. The molecule has 0 bridgehead atoms. The van der Waals surface area contributed by atoms with E-state index >= 15 is 0 Å². The summed E-state index contributed by atoms with van der Waals surface area (Å²) >= 11 is 0. The molecule has 1 heterocycles. The van der Waals surface area contributed by atoms with E-state index in [1.165, 1.54) is 49.0 Å².